The molecule has 6 heteroatoms. The van der Waals surface area contributed by atoms with Gasteiger partial charge in [0.1, 0.15) is 23.0 Å². The minimum absolute atomic E-state index is 0.302. The van der Waals surface area contributed by atoms with Crippen molar-refractivity contribution in [1.29, 1.82) is 0 Å². The number of hydrogen-bond acceptors (Lipinski definition) is 4. The summed E-state index contributed by atoms with van der Waals surface area (Å²) in [6.07, 6.45) is 1.96. The molecule has 102 valence electrons. The molecule has 0 aliphatic rings. The standard InChI is InChI=1S/C14H14ClN5/c1-2-20-11-6-4-3-5-9(11)19-12(20)7-10-13(15)14(16)18-8-17-10/h3-6,8H,2,7H2,1H3,(H2,16,17,18). The second kappa shape index (κ2) is 5.09. The first-order valence-electron chi connectivity index (χ1n) is 6.39. The number of nitrogen functional groups attached to an aromatic ring is 1. The third-order valence-corrected chi connectivity index (χ3v) is 3.68. The van der Waals surface area contributed by atoms with Crippen LogP contribution in [0.5, 0.6) is 0 Å². The fraction of sp³-hybridized carbons (Fsp3) is 0.214. The molecule has 2 aromatic heterocycles. The van der Waals surface area contributed by atoms with E-state index in [9.17, 15) is 0 Å². The average molecular weight is 288 g/mol. The summed E-state index contributed by atoms with van der Waals surface area (Å²) in [6, 6.07) is 8.05. The van der Waals surface area contributed by atoms with Gasteiger partial charge >= 0.3 is 0 Å². The summed E-state index contributed by atoms with van der Waals surface area (Å²) in [5.41, 5.74) is 8.50. The van der Waals surface area contributed by atoms with Crippen molar-refractivity contribution in [2.24, 2.45) is 0 Å². The van der Waals surface area contributed by atoms with E-state index in [0.717, 1.165) is 23.4 Å². The van der Waals surface area contributed by atoms with Crippen molar-refractivity contribution in [1.82, 2.24) is 19.5 Å². The van der Waals surface area contributed by atoms with Crippen LogP contribution in [-0.2, 0) is 13.0 Å². The quantitative estimate of drug-likeness (QED) is 0.804. The largest absolute Gasteiger partial charge is 0.382 e. The molecule has 0 saturated carbocycles. The molecule has 0 atom stereocenters. The molecule has 20 heavy (non-hydrogen) atoms. The summed E-state index contributed by atoms with van der Waals surface area (Å²) in [5, 5.41) is 0.405. The molecule has 0 saturated heterocycles. The van der Waals surface area contributed by atoms with Crippen LogP contribution in [0.25, 0.3) is 11.0 Å². The summed E-state index contributed by atoms with van der Waals surface area (Å²) in [5.74, 6) is 1.23. The molecule has 3 rings (SSSR count). The van der Waals surface area contributed by atoms with E-state index in [1.165, 1.54) is 6.33 Å². The molecule has 1 aromatic carbocycles. The molecule has 0 radical (unpaired) electrons. The van der Waals surface area contributed by atoms with Crippen molar-refractivity contribution < 1.29 is 0 Å². The number of anilines is 1. The van der Waals surface area contributed by atoms with Gasteiger partial charge in [0.2, 0.25) is 0 Å². The Labute approximate surface area is 121 Å². The van der Waals surface area contributed by atoms with E-state index in [2.05, 4.69) is 32.5 Å². The Balaban J connectivity index is 2.08. The summed E-state index contributed by atoms with van der Waals surface area (Å²) < 4.78 is 2.16. The minimum atomic E-state index is 0.302. The van der Waals surface area contributed by atoms with Gasteiger partial charge in [-0.3, -0.25) is 0 Å². The Hall–Kier alpha value is -2.14. The summed E-state index contributed by atoms with van der Waals surface area (Å²) in [7, 11) is 0. The Kier molecular flexibility index (Phi) is 3.28. The third kappa shape index (κ3) is 2.10. The van der Waals surface area contributed by atoms with E-state index in [0.29, 0.717) is 23.0 Å². The highest BCUT2D eigenvalue weighted by molar-refractivity contribution is 6.33. The average Bonchev–Trinajstić information content (AvgIpc) is 2.81. The fourth-order valence-corrected chi connectivity index (χ4v) is 2.47. The number of aryl methyl sites for hydroxylation is 1. The van der Waals surface area contributed by atoms with Crippen LogP contribution >= 0.6 is 11.6 Å². The van der Waals surface area contributed by atoms with Crippen molar-refractivity contribution >= 4 is 28.5 Å². The lowest BCUT2D eigenvalue weighted by Crippen LogP contribution is -2.06. The molecular weight excluding hydrogens is 274 g/mol. The van der Waals surface area contributed by atoms with Crippen LogP contribution in [0.15, 0.2) is 30.6 Å². The summed E-state index contributed by atoms with van der Waals surface area (Å²) >= 11 is 6.15. The van der Waals surface area contributed by atoms with Crippen LogP contribution in [0.3, 0.4) is 0 Å². The number of hydrogen-bond donors (Lipinski definition) is 1. The lowest BCUT2D eigenvalue weighted by atomic mass is 10.2. The Morgan fingerprint density at radius 3 is 2.85 bits per heavy atom. The van der Waals surface area contributed by atoms with Gasteiger partial charge in [0.25, 0.3) is 0 Å². The maximum atomic E-state index is 6.15. The zero-order valence-corrected chi connectivity index (χ0v) is 11.8. The number of benzene rings is 1. The minimum Gasteiger partial charge on any atom is -0.382 e. The molecule has 5 nitrogen and oxygen atoms in total. The zero-order chi connectivity index (χ0) is 14.1. The van der Waals surface area contributed by atoms with Gasteiger partial charge in [0, 0.05) is 6.54 Å². The van der Waals surface area contributed by atoms with E-state index in [1.807, 2.05) is 18.2 Å². The van der Waals surface area contributed by atoms with Gasteiger partial charge in [-0.1, -0.05) is 23.7 Å². The molecule has 0 aliphatic heterocycles. The van der Waals surface area contributed by atoms with Gasteiger partial charge < -0.3 is 10.3 Å². The van der Waals surface area contributed by atoms with Crippen molar-refractivity contribution in [3.8, 4) is 0 Å². The zero-order valence-electron chi connectivity index (χ0n) is 11.0. The van der Waals surface area contributed by atoms with Gasteiger partial charge in [-0.05, 0) is 19.1 Å². The Morgan fingerprint density at radius 2 is 2.05 bits per heavy atom. The van der Waals surface area contributed by atoms with Crippen LogP contribution in [0, 0.1) is 0 Å². The number of halogens is 1. The molecule has 2 heterocycles. The van der Waals surface area contributed by atoms with Gasteiger partial charge in [0.05, 0.1) is 23.1 Å². The highest BCUT2D eigenvalue weighted by Gasteiger charge is 2.13. The van der Waals surface area contributed by atoms with E-state index < -0.39 is 0 Å². The topological polar surface area (TPSA) is 69.6 Å². The van der Waals surface area contributed by atoms with Crippen LogP contribution in [-0.4, -0.2) is 19.5 Å². The number of aromatic nitrogens is 4. The summed E-state index contributed by atoms with van der Waals surface area (Å²) in [6.45, 7) is 2.93. The van der Waals surface area contributed by atoms with Crippen LogP contribution in [0.4, 0.5) is 5.82 Å². The Morgan fingerprint density at radius 1 is 1.25 bits per heavy atom. The molecular formula is C14H14ClN5. The lowest BCUT2D eigenvalue weighted by Gasteiger charge is -2.07. The normalized spacial score (nSPS) is 11.1. The molecule has 2 N–H and O–H groups in total. The SMILES string of the molecule is CCn1c(Cc2ncnc(N)c2Cl)nc2ccccc21. The number of fused-ring (bicyclic) bond motifs is 1. The monoisotopic (exact) mass is 287 g/mol. The van der Waals surface area contributed by atoms with E-state index >= 15 is 0 Å². The predicted molar refractivity (Wildman–Crippen MR) is 79.7 cm³/mol. The van der Waals surface area contributed by atoms with Crippen molar-refractivity contribution in [2.45, 2.75) is 19.9 Å². The number of rotatable bonds is 3. The smallest absolute Gasteiger partial charge is 0.145 e. The number of para-hydroxylation sites is 2. The molecule has 0 amide bonds. The molecule has 0 fully saturated rings. The number of nitrogens with zero attached hydrogens (tertiary/aromatic N) is 4. The van der Waals surface area contributed by atoms with E-state index in [-0.39, 0.29) is 0 Å². The first kappa shape index (κ1) is 12.9. The Bertz CT molecular complexity index is 765. The fourth-order valence-electron chi connectivity index (χ4n) is 2.31. The van der Waals surface area contributed by atoms with Crippen LogP contribution < -0.4 is 5.73 Å². The molecule has 3 aromatic rings. The first-order chi connectivity index (χ1) is 9.70. The van der Waals surface area contributed by atoms with E-state index in [4.69, 9.17) is 17.3 Å². The van der Waals surface area contributed by atoms with Crippen molar-refractivity contribution in [3.05, 3.63) is 47.1 Å². The highest BCUT2D eigenvalue weighted by atomic mass is 35.5. The van der Waals surface area contributed by atoms with Crippen molar-refractivity contribution in [3.63, 3.8) is 0 Å². The predicted octanol–water partition coefficient (Wildman–Crippen LogP) is 2.67. The van der Waals surface area contributed by atoms with Crippen molar-refractivity contribution in [2.75, 3.05) is 5.73 Å². The van der Waals surface area contributed by atoms with Crippen LogP contribution in [0.2, 0.25) is 5.02 Å². The van der Waals surface area contributed by atoms with Gasteiger partial charge in [-0.25, -0.2) is 15.0 Å². The molecule has 0 unspecified atom stereocenters. The van der Waals surface area contributed by atoms with E-state index in [1.54, 1.807) is 0 Å². The van der Waals surface area contributed by atoms with Gasteiger partial charge in [-0.2, -0.15) is 0 Å². The maximum Gasteiger partial charge on any atom is 0.145 e. The maximum absolute atomic E-state index is 6.15. The summed E-state index contributed by atoms with van der Waals surface area (Å²) in [4.78, 5) is 12.7. The number of nitrogens with two attached hydrogens (primary N) is 1. The second-order valence-electron chi connectivity index (χ2n) is 4.46. The third-order valence-electron chi connectivity index (χ3n) is 3.26. The number of imidazole rings is 1. The van der Waals surface area contributed by atoms with Gasteiger partial charge in [0.15, 0.2) is 0 Å². The first-order valence-corrected chi connectivity index (χ1v) is 6.77. The van der Waals surface area contributed by atoms with Gasteiger partial charge in [-0.15, -0.1) is 0 Å². The highest BCUT2D eigenvalue weighted by Crippen LogP contribution is 2.23. The lowest BCUT2D eigenvalue weighted by molar-refractivity contribution is 0.728. The van der Waals surface area contributed by atoms with Crippen LogP contribution in [0.1, 0.15) is 18.4 Å². The second-order valence-corrected chi connectivity index (χ2v) is 4.84. The molecule has 0 spiro atoms. The molecule has 0 bridgehead atoms. The molecule has 0 aliphatic carbocycles.